The zero-order chi connectivity index (χ0) is 14.7. The van der Waals surface area contributed by atoms with Gasteiger partial charge in [0.1, 0.15) is 11.2 Å². The highest BCUT2D eigenvalue weighted by atomic mass is 35.5. The first kappa shape index (κ1) is 14.8. The van der Waals surface area contributed by atoms with Crippen LogP contribution in [0.1, 0.15) is 36.7 Å². The van der Waals surface area contributed by atoms with E-state index in [0.29, 0.717) is 5.15 Å². The third-order valence-corrected chi connectivity index (χ3v) is 3.79. The van der Waals surface area contributed by atoms with E-state index < -0.39 is 6.04 Å². The Hall–Kier alpha value is -1.56. The van der Waals surface area contributed by atoms with Gasteiger partial charge in [-0.15, -0.1) is 0 Å². The van der Waals surface area contributed by atoms with Crippen LogP contribution in [-0.2, 0) is 11.8 Å². The molecule has 7 heteroatoms. The predicted octanol–water partition coefficient (Wildman–Crippen LogP) is 1.20. The number of halogens is 1. The average Bonchev–Trinajstić information content (AvgIpc) is 2.79. The molecule has 20 heavy (non-hydrogen) atoms. The number of aromatic nitrogens is 2. The molecule has 1 N–H and O–H groups in total. The Labute approximate surface area is 123 Å². The lowest BCUT2D eigenvalue weighted by atomic mass is 10.1. The van der Waals surface area contributed by atoms with Crippen LogP contribution in [0, 0.1) is 0 Å². The number of rotatable bonds is 3. The molecule has 1 aromatic rings. The molecule has 1 aliphatic rings. The van der Waals surface area contributed by atoms with Crippen LogP contribution in [-0.4, -0.2) is 45.6 Å². The highest BCUT2D eigenvalue weighted by Crippen LogP contribution is 2.11. The van der Waals surface area contributed by atoms with Gasteiger partial charge in [-0.2, -0.15) is 5.10 Å². The summed E-state index contributed by atoms with van der Waals surface area (Å²) in [4.78, 5) is 26.0. The number of nitrogens with zero attached hydrogens (tertiary/aromatic N) is 3. The molecule has 1 atom stereocenters. The smallest absolute Gasteiger partial charge is 0.272 e. The normalized spacial score (nSPS) is 16.9. The van der Waals surface area contributed by atoms with E-state index in [2.05, 4.69) is 10.4 Å². The third kappa shape index (κ3) is 3.30. The molecule has 0 radical (unpaired) electrons. The van der Waals surface area contributed by atoms with Crippen molar-refractivity contribution in [3.05, 3.63) is 16.9 Å². The summed E-state index contributed by atoms with van der Waals surface area (Å²) in [5.41, 5.74) is 0.218. The highest BCUT2D eigenvalue weighted by molar-refractivity contribution is 6.30. The fraction of sp³-hybridized carbons (Fsp3) is 0.615. The van der Waals surface area contributed by atoms with Crippen LogP contribution >= 0.6 is 11.6 Å². The summed E-state index contributed by atoms with van der Waals surface area (Å²) < 4.78 is 1.41. The molecule has 1 saturated heterocycles. The van der Waals surface area contributed by atoms with Gasteiger partial charge in [0.2, 0.25) is 5.91 Å². The van der Waals surface area contributed by atoms with Crippen molar-refractivity contribution >= 4 is 23.4 Å². The van der Waals surface area contributed by atoms with Crippen molar-refractivity contribution in [1.29, 1.82) is 0 Å². The maximum atomic E-state index is 12.2. The van der Waals surface area contributed by atoms with Gasteiger partial charge in [-0.1, -0.05) is 11.6 Å². The Balaban J connectivity index is 1.94. The van der Waals surface area contributed by atoms with Gasteiger partial charge in [-0.05, 0) is 26.2 Å². The van der Waals surface area contributed by atoms with Gasteiger partial charge >= 0.3 is 0 Å². The first-order valence-electron chi connectivity index (χ1n) is 6.78. The minimum atomic E-state index is -0.554. The molecule has 0 aliphatic carbocycles. The van der Waals surface area contributed by atoms with Gasteiger partial charge in [0.05, 0.1) is 0 Å². The highest BCUT2D eigenvalue weighted by Gasteiger charge is 2.24. The van der Waals surface area contributed by atoms with Crippen LogP contribution in [0.5, 0.6) is 0 Å². The van der Waals surface area contributed by atoms with Crippen molar-refractivity contribution in [3.63, 3.8) is 0 Å². The van der Waals surface area contributed by atoms with Gasteiger partial charge in [-0.3, -0.25) is 14.3 Å². The van der Waals surface area contributed by atoms with Gasteiger partial charge in [0.25, 0.3) is 5.91 Å². The maximum absolute atomic E-state index is 12.2. The van der Waals surface area contributed by atoms with E-state index in [4.69, 9.17) is 11.6 Å². The number of hydrogen-bond acceptors (Lipinski definition) is 3. The van der Waals surface area contributed by atoms with Crippen LogP contribution in [0.2, 0.25) is 5.15 Å². The second-order valence-corrected chi connectivity index (χ2v) is 5.44. The molecule has 1 fully saturated rings. The van der Waals surface area contributed by atoms with E-state index in [-0.39, 0.29) is 17.5 Å². The standard InChI is InChI=1S/C13H19ClN4O2/c1-9(13(20)18-6-4-3-5-7-18)15-12(19)10-8-11(14)17(2)16-10/h8-9H,3-7H2,1-2H3,(H,15,19). The molecule has 0 aromatic carbocycles. The topological polar surface area (TPSA) is 67.2 Å². The van der Waals surface area contributed by atoms with E-state index in [9.17, 15) is 9.59 Å². The second kappa shape index (κ2) is 6.26. The SMILES string of the molecule is CC(NC(=O)c1cc(Cl)n(C)n1)C(=O)N1CCCCC1. The van der Waals surface area contributed by atoms with Crippen molar-refractivity contribution in [2.75, 3.05) is 13.1 Å². The number of amides is 2. The largest absolute Gasteiger partial charge is 0.341 e. The molecule has 0 bridgehead atoms. The van der Waals surface area contributed by atoms with E-state index in [1.165, 1.54) is 10.7 Å². The lowest BCUT2D eigenvalue weighted by Gasteiger charge is -2.29. The monoisotopic (exact) mass is 298 g/mol. The van der Waals surface area contributed by atoms with Crippen LogP contribution in [0.4, 0.5) is 0 Å². The lowest BCUT2D eigenvalue weighted by Crippen LogP contribution is -2.48. The van der Waals surface area contributed by atoms with Gasteiger partial charge < -0.3 is 10.2 Å². The number of aryl methyl sites for hydroxylation is 1. The minimum absolute atomic E-state index is 0.0416. The number of likely N-dealkylation sites (tertiary alicyclic amines) is 1. The molecule has 6 nitrogen and oxygen atoms in total. The minimum Gasteiger partial charge on any atom is -0.341 e. The number of nitrogens with one attached hydrogen (secondary N) is 1. The molecule has 0 saturated carbocycles. The Morgan fingerprint density at radius 1 is 1.35 bits per heavy atom. The van der Waals surface area contributed by atoms with E-state index in [1.807, 2.05) is 0 Å². The fourth-order valence-electron chi connectivity index (χ4n) is 2.28. The van der Waals surface area contributed by atoms with Crippen LogP contribution in [0.15, 0.2) is 6.07 Å². The summed E-state index contributed by atoms with van der Waals surface area (Å²) in [6, 6.07) is 0.927. The molecule has 1 aromatic heterocycles. The van der Waals surface area contributed by atoms with Crippen molar-refractivity contribution in [2.24, 2.45) is 7.05 Å². The zero-order valence-electron chi connectivity index (χ0n) is 11.7. The summed E-state index contributed by atoms with van der Waals surface area (Å²) >= 11 is 5.84. The first-order chi connectivity index (χ1) is 9.49. The molecule has 2 amide bonds. The molecule has 110 valence electrons. The molecule has 1 unspecified atom stereocenters. The Bertz CT molecular complexity index is 489. The van der Waals surface area contributed by atoms with Crippen molar-refractivity contribution in [3.8, 4) is 0 Å². The van der Waals surface area contributed by atoms with E-state index >= 15 is 0 Å². The number of piperidine rings is 1. The van der Waals surface area contributed by atoms with E-state index in [1.54, 1.807) is 18.9 Å². The molecular formula is C13H19ClN4O2. The van der Waals surface area contributed by atoms with Crippen molar-refractivity contribution in [2.45, 2.75) is 32.2 Å². The Morgan fingerprint density at radius 3 is 2.55 bits per heavy atom. The summed E-state index contributed by atoms with van der Waals surface area (Å²) in [7, 11) is 1.65. The lowest BCUT2D eigenvalue weighted by molar-refractivity contribution is -0.133. The van der Waals surface area contributed by atoms with Gasteiger partial charge in [0.15, 0.2) is 5.69 Å². The Kier molecular flexibility index (Phi) is 4.65. The van der Waals surface area contributed by atoms with Crippen LogP contribution < -0.4 is 5.32 Å². The maximum Gasteiger partial charge on any atom is 0.272 e. The summed E-state index contributed by atoms with van der Waals surface area (Å²) in [5.74, 6) is -0.426. The third-order valence-electron chi connectivity index (χ3n) is 3.44. The fourth-order valence-corrected chi connectivity index (χ4v) is 2.42. The second-order valence-electron chi connectivity index (χ2n) is 5.06. The molecule has 2 rings (SSSR count). The number of carbonyl (C=O) groups excluding carboxylic acids is 2. The molecular weight excluding hydrogens is 280 g/mol. The average molecular weight is 299 g/mol. The van der Waals surface area contributed by atoms with Crippen molar-refractivity contribution in [1.82, 2.24) is 20.0 Å². The first-order valence-corrected chi connectivity index (χ1v) is 7.16. The van der Waals surface area contributed by atoms with Crippen LogP contribution in [0.3, 0.4) is 0 Å². The predicted molar refractivity (Wildman–Crippen MR) is 75.6 cm³/mol. The van der Waals surface area contributed by atoms with Crippen LogP contribution in [0.25, 0.3) is 0 Å². The number of hydrogen-bond donors (Lipinski definition) is 1. The van der Waals surface area contributed by atoms with E-state index in [0.717, 1.165) is 32.4 Å². The Morgan fingerprint density at radius 2 is 2.00 bits per heavy atom. The molecule has 1 aliphatic heterocycles. The van der Waals surface area contributed by atoms with Crippen molar-refractivity contribution < 1.29 is 9.59 Å². The summed E-state index contributed by atoms with van der Waals surface area (Å²) in [6.45, 7) is 3.24. The summed E-state index contributed by atoms with van der Waals surface area (Å²) in [5, 5.41) is 7.03. The zero-order valence-corrected chi connectivity index (χ0v) is 12.5. The summed E-state index contributed by atoms with van der Waals surface area (Å²) in [6.07, 6.45) is 3.22. The van der Waals surface area contributed by atoms with Gasteiger partial charge in [0, 0.05) is 26.2 Å². The quantitative estimate of drug-likeness (QED) is 0.912. The van der Waals surface area contributed by atoms with Gasteiger partial charge in [-0.25, -0.2) is 0 Å². The number of carbonyl (C=O) groups is 2. The molecule has 0 spiro atoms. The molecule has 2 heterocycles.